The van der Waals surface area contributed by atoms with Crippen molar-refractivity contribution in [2.75, 3.05) is 60.2 Å². The number of rotatable bonds is 19. The van der Waals surface area contributed by atoms with Gasteiger partial charge >= 0.3 is 5.97 Å². The molecule has 0 spiro atoms. The average Bonchev–Trinajstić information content (AvgIpc) is 3.94. The van der Waals surface area contributed by atoms with Gasteiger partial charge in [-0.15, -0.1) is 0 Å². The first-order valence-electron chi connectivity index (χ1n) is 24.5. The number of amides is 4. The van der Waals surface area contributed by atoms with Crippen LogP contribution >= 0.6 is 0 Å². The van der Waals surface area contributed by atoms with Crippen LogP contribution in [-0.2, 0) is 57.6 Å². The van der Waals surface area contributed by atoms with Gasteiger partial charge in [-0.25, -0.2) is 5.43 Å². The highest BCUT2D eigenvalue weighted by Gasteiger charge is 2.39. The van der Waals surface area contributed by atoms with Gasteiger partial charge in [-0.2, -0.15) is 0 Å². The molecule has 15 nitrogen and oxygen atoms in total. The second-order valence-corrected chi connectivity index (χ2v) is 20.2. The van der Waals surface area contributed by atoms with Gasteiger partial charge in [-0.3, -0.25) is 34.0 Å². The van der Waals surface area contributed by atoms with E-state index < -0.39 is 29.3 Å². The largest absolute Gasteiger partial charge is 0.465 e. The lowest BCUT2D eigenvalue weighted by molar-refractivity contribution is -0.146. The van der Waals surface area contributed by atoms with Gasteiger partial charge in [0.2, 0.25) is 17.7 Å². The van der Waals surface area contributed by atoms with Crippen molar-refractivity contribution in [3.8, 4) is 22.4 Å². The molecule has 4 aromatic rings. The number of nitrogens with zero attached hydrogens (tertiary/aromatic N) is 5. The van der Waals surface area contributed by atoms with Gasteiger partial charge in [0, 0.05) is 94.2 Å². The van der Waals surface area contributed by atoms with Crippen LogP contribution in [0.3, 0.4) is 0 Å². The van der Waals surface area contributed by atoms with Gasteiger partial charge in [0.05, 0.1) is 43.2 Å². The van der Waals surface area contributed by atoms with Crippen molar-refractivity contribution in [2.24, 2.45) is 23.2 Å². The van der Waals surface area contributed by atoms with E-state index in [9.17, 15) is 24.0 Å². The zero-order chi connectivity index (χ0) is 49.6. The highest BCUT2D eigenvalue weighted by molar-refractivity contribution is 5.96. The van der Waals surface area contributed by atoms with Gasteiger partial charge in [0.15, 0.2) is 0 Å². The lowest BCUT2D eigenvalue weighted by atomic mass is 9.84. The summed E-state index contributed by atoms with van der Waals surface area (Å²) in [5.41, 5.74) is 10.6. The van der Waals surface area contributed by atoms with Crippen LogP contribution in [-0.4, -0.2) is 126 Å². The molecule has 3 aliphatic rings. The second kappa shape index (κ2) is 22.2. The van der Waals surface area contributed by atoms with Crippen LogP contribution in [0.25, 0.3) is 33.3 Å². The SMILES string of the molecule is C=CC(=O)N1CC[C@H](C(=O)N(C)C(C(=O)N[C@@H](Cc2cccc(-c3ccc4c(c3)c(CC(C)(C)COC(C)=O)c(-c3cccnc3[C@H](C)OC)n4CC3COC3)c2)C(=O)N2CCCCN2)C(C)C)C1. The van der Waals surface area contributed by atoms with E-state index in [-0.39, 0.29) is 55.3 Å². The second-order valence-electron chi connectivity index (χ2n) is 20.2. The van der Waals surface area contributed by atoms with Crippen molar-refractivity contribution in [1.29, 1.82) is 0 Å². The fourth-order valence-electron chi connectivity index (χ4n) is 10.1. The molecule has 15 heteroatoms. The Balaban J connectivity index is 1.25. The highest BCUT2D eigenvalue weighted by Crippen LogP contribution is 2.42. The molecule has 69 heavy (non-hydrogen) atoms. The molecule has 7 rings (SSSR count). The molecule has 3 fully saturated rings. The van der Waals surface area contributed by atoms with Crippen molar-refractivity contribution in [3.05, 3.63) is 90.3 Å². The number of hydrogen-bond acceptors (Lipinski definition) is 10. The van der Waals surface area contributed by atoms with Crippen molar-refractivity contribution in [2.45, 2.75) is 98.4 Å². The molecular weight excluding hydrogens is 875 g/mol. The molecule has 0 bridgehead atoms. The number of likely N-dealkylation sites (tertiary alicyclic amines) is 1. The zero-order valence-electron chi connectivity index (χ0n) is 41.7. The number of pyridine rings is 1. The molecule has 5 heterocycles. The molecule has 2 aromatic carbocycles. The smallest absolute Gasteiger partial charge is 0.302 e. The number of hydrogen-bond donors (Lipinski definition) is 2. The molecule has 3 aliphatic heterocycles. The minimum absolute atomic E-state index is 0.212. The minimum atomic E-state index is -0.931. The number of nitrogens with one attached hydrogen (secondary N) is 2. The molecule has 4 atom stereocenters. The molecule has 370 valence electrons. The van der Waals surface area contributed by atoms with Crippen LogP contribution in [0, 0.1) is 23.2 Å². The fraction of sp³-hybridized carbons (Fsp3) is 0.519. The summed E-state index contributed by atoms with van der Waals surface area (Å²) in [7, 11) is 3.32. The van der Waals surface area contributed by atoms with Gasteiger partial charge in [0.25, 0.3) is 5.91 Å². The summed E-state index contributed by atoms with van der Waals surface area (Å²) >= 11 is 0. The monoisotopic (exact) mass is 946 g/mol. The Bertz CT molecular complexity index is 2520. The third kappa shape index (κ3) is 11.8. The van der Waals surface area contributed by atoms with Gasteiger partial charge < -0.3 is 33.9 Å². The highest BCUT2D eigenvalue weighted by atomic mass is 16.5. The van der Waals surface area contributed by atoms with Crippen LogP contribution in [0.5, 0.6) is 0 Å². The van der Waals surface area contributed by atoms with Crippen LogP contribution < -0.4 is 10.7 Å². The standard InChI is InChI=1S/C54H71N7O8/c1-10-47(63)59-24-20-41(30-59)52(65)58(8)49(34(2)3)51(64)57-45(53(66)61-23-12-11-22-56-61)26-37-15-13-16-39(25-37)40-18-19-46-43(27-40)44(28-54(6,7)33-69-36(5)62)50(60(46)29-38-31-68-32-38)42-17-14-21-55-48(42)35(4)67-9/h10,13-19,21,25,27,34-35,38,41,45,49,56H,1,11-12,20,22-24,26,28-33H2,2-9H3,(H,57,64)/t35-,41-,45-,49?/m0/s1. The summed E-state index contributed by atoms with van der Waals surface area (Å²) in [6, 6.07) is 16.9. The number of hydrazine groups is 1. The molecule has 1 unspecified atom stereocenters. The van der Waals surface area contributed by atoms with E-state index in [0.29, 0.717) is 51.6 Å². The van der Waals surface area contributed by atoms with Crippen molar-refractivity contribution in [3.63, 3.8) is 0 Å². The molecule has 4 amide bonds. The third-order valence-electron chi connectivity index (χ3n) is 13.9. The number of carbonyl (C=O) groups is 5. The summed E-state index contributed by atoms with van der Waals surface area (Å²) in [4.78, 5) is 75.1. The third-order valence-corrected chi connectivity index (χ3v) is 13.9. The summed E-state index contributed by atoms with van der Waals surface area (Å²) in [6.45, 7) is 19.2. The molecule has 2 aromatic heterocycles. The number of carbonyl (C=O) groups excluding carboxylic acids is 5. The van der Waals surface area contributed by atoms with E-state index in [0.717, 1.165) is 69.5 Å². The van der Waals surface area contributed by atoms with Gasteiger partial charge in [-0.1, -0.05) is 64.6 Å². The first kappa shape index (κ1) is 51.0. The number of ether oxygens (including phenoxy) is 3. The molecule has 0 aliphatic carbocycles. The summed E-state index contributed by atoms with van der Waals surface area (Å²) in [6.07, 6.45) is 5.86. The molecule has 3 saturated heterocycles. The Morgan fingerprint density at radius 1 is 1.03 bits per heavy atom. The molecule has 0 saturated carbocycles. The Morgan fingerprint density at radius 2 is 1.80 bits per heavy atom. The maximum absolute atomic E-state index is 14.4. The minimum Gasteiger partial charge on any atom is -0.465 e. The maximum atomic E-state index is 14.4. The Morgan fingerprint density at radius 3 is 2.46 bits per heavy atom. The Kier molecular flexibility index (Phi) is 16.4. The summed E-state index contributed by atoms with van der Waals surface area (Å²) < 4.78 is 19.6. The topological polar surface area (TPSA) is 165 Å². The Hall–Kier alpha value is -5.90. The fourth-order valence-corrected chi connectivity index (χ4v) is 10.1. The van der Waals surface area contributed by atoms with Crippen LogP contribution in [0.2, 0.25) is 0 Å². The first-order valence-corrected chi connectivity index (χ1v) is 24.5. The molecule has 2 N–H and O–H groups in total. The first-order chi connectivity index (χ1) is 33.0. The lowest BCUT2D eigenvalue weighted by Gasteiger charge is -2.35. The van der Waals surface area contributed by atoms with E-state index >= 15 is 0 Å². The zero-order valence-corrected chi connectivity index (χ0v) is 41.7. The normalized spacial score (nSPS) is 17.8. The van der Waals surface area contributed by atoms with Gasteiger partial charge in [0.1, 0.15) is 12.1 Å². The maximum Gasteiger partial charge on any atom is 0.302 e. The summed E-state index contributed by atoms with van der Waals surface area (Å²) in [5, 5.41) is 5.78. The Labute approximate surface area is 406 Å². The van der Waals surface area contributed by atoms with Crippen LogP contribution in [0.4, 0.5) is 0 Å². The van der Waals surface area contributed by atoms with Gasteiger partial charge in [-0.05, 0) is 91.1 Å². The van der Waals surface area contributed by atoms with Crippen molar-refractivity contribution >= 4 is 40.5 Å². The van der Waals surface area contributed by atoms with E-state index in [1.54, 1.807) is 30.3 Å². The van der Waals surface area contributed by atoms with Crippen LogP contribution in [0.1, 0.15) is 83.7 Å². The predicted octanol–water partition coefficient (Wildman–Crippen LogP) is 6.53. The molecular formula is C54H71N7O8. The number of esters is 1. The number of aromatic nitrogens is 2. The summed E-state index contributed by atoms with van der Waals surface area (Å²) in [5.74, 6) is -1.79. The number of benzene rings is 2. The van der Waals surface area contributed by atoms with Crippen molar-refractivity contribution in [1.82, 2.24) is 35.1 Å². The van der Waals surface area contributed by atoms with E-state index in [1.807, 2.05) is 39.0 Å². The lowest BCUT2D eigenvalue weighted by Crippen LogP contribution is -2.59. The van der Waals surface area contributed by atoms with Crippen molar-refractivity contribution < 1.29 is 38.2 Å². The van der Waals surface area contributed by atoms with E-state index in [4.69, 9.17) is 19.2 Å². The number of likely N-dealkylation sites (N-methyl/N-ethyl adjacent to an activating group) is 1. The quantitative estimate of drug-likeness (QED) is 0.0781. The van der Waals surface area contributed by atoms with E-state index in [2.05, 4.69) is 72.1 Å². The van der Waals surface area contributed by atoms with Crippen LogP contribution in [0.15, 0.2) is 73.4 Å². The van der Waals surface area contributed by atoms with E-state index in [1.165, 1.54) is 17.9 Å². The average molecular weight is 946 g/mol. The number of fused-ring (bicyclic) bond motifs is 1. The predicted molar refractivity (Wildman–Crippen MR) is 265 cm³/mol. The molecule has 0 radical (unpaired) electrons. The number of methoxy groups -OCH3 is 1.